The van der Waals surface area contributed by atoms with Gasteiger partial charge in [-0.1, -0.05) is 6.07 Å². The summed E-state index contributed by atoms with van der Waals surface area (Å²) in [5.41, 5.74) is 1.33. The fourth-order valence-corrected chi connectivity index (χ4v) is 3.66. The Hall–Kier alpha value is -2.44. The minimum Gasteiger partial charge on any atom is -0.356 e. The van der Waals surface area contributed by atoms with Gasteiger partial charge in [-0.2, -0.15) is 13.2 Å². The number of hydrogen-bond donors (Lipinski definition) is 1. The molecule has 1 aromatic carbocycles. The van der Waals surface area contributed by atoms with Crippen molar-refractivity contribution in [2.45, 2.75) is 44.7 Å². The lowest BCUT2D eigenvalue weighted by atomic mass is 9.79. The predicted octanol–water partition coefficient (Wildman–Crippen LogP) is 4.85. The van der Waals surface area contributed by atoms with Gasteiger partial charge in [0.25, 0.3) is 0 Å². The van der Waals surface area contributed by atoms with E-state index in [0.29, 0.717) is 31.0 Å². The summed E-state index contributed by atoms with van der Waals surface area (Å²) in [6.45, 7) is 2.40. The maximum Gasteiger partial charge on any atom is 0.416 e. The van der Waals surface area contributed by atoms with Crippen LogP contribution >= 0.6 is 0 Å². The Balaban J connectivity index is 1.98. The van der Waals surface area contributed by atoms with Crippen LogP contribution in [0.4, 0.5) is 17.6 Å². The number of hydrogen-bond acceptors (Lipinski definition) is 2. The van der Waals surface area contributed by atoms with Gasteiger partial charge in [-0.05, 0) is 55.4 Å². The number of aromatic nitrogens is 1. The Morgan fingerprint density at radius 2 is 2.04 bits per heavy atom. The topological polar surface area (TPSA) is 42.0 Å². The summed E-state index contributed by atoms with van der Waals surface area (Å²) >= 11 is 0. The number of pyridine rings is 1. The van der Waals surface area contributed by atoms with Crippen LogP contribution in [0.3, 0.4) is 0 Å². The average molecular weight is 380 g/mol. The minimum absolute atomic E-state index is 0.0229. The standard InChI is InChI=1S/C20H20F4N2O/c1-2-26-19(27)8-12-4-3-5-14-16(12)10-25-11-17(14)15-7-6-13(9-18(15)21)20(22,23)24/h6-7,9-12H,2-5,8H2,1H3,(H,26,27). The Bertz CT molecular complexity index is 848. The van der Waals surface area contributed by atoms with Crippen LogP contribution in [0.5, 0.6) is 0 Å². The number of rotatable bonds is 4. The lowest BCUT2D eigenvalue weighted by molar-refractivity contribution is -0.137. The molecule has 2 aromatic rings. The highest BCUT2D eigenvalue weighted by Gasteiger charge is 2.32. The highest BCUT2D eigenvalue weighted by Crippen LogP contribution is 2.40. The second-order valence-corrected chi connectivity index (χ2v) is 6.69. The summed E-state index contributed by atoms with van der Waals surface area (Å²) in [4.78, 5) is 16.1. The molecule has 144 valence electrons. The Labute approximate surface area is 154 Å². The van der Waals surface area contributed by atoms with Crippen molar-refractivity contribution >= 4 is 5.91 Å². The van der Waals surface area contributed by atoms with Crippen LogP contribution in [0.2, 0.25) is 0 Å². The zero-order valence-electron chi connectivity index (χ0n) is 14.9. The number of alkyl halides is 3. The monoisotopic (exact) mass is 380 g/mol. The molecule has 0 saturated carbocycles. The molecule has 1 aliphatic carbocycles. The summed E-state index contributed by atoms with van der Waals surface area (Å²) in [6.07, 6.45) is 1.23. The van der Waals surface area contributed by atoms with Gasteiger partial charge in [0.1, 0.15) is 5.82 Å². The first-order chi connectivity index (χ1) is 12.8. The first-order valence-corrected chi connectivity index (χ1v) is 8.91. The van der Waals surface area contributed by atoms with E-state index in [4.69, 9.17) is 0 Å². The third kappa shape index (κ3) is 4.12. The molecule has 0 fully saturated rings. The molecule has 27 heavy (non-hydrogen) atoms. The van der Waals surface area contributed by atoms with E-state index >= 15 is 0 Å². The molecule has 0 bridgehead atoms. The van der Waals surface area contributed by atoms with Crippen LogP contribution in [0, 0.1) is 5.82 Å². The number of benzene rings is 1. The molecule has 7 heteroatoms. The van der Waals surface area contributed by atoms with Crippen LogP contribution in [0.1, 0.15) is 48.8 Å². The molecule has 0 spiro atoms. The van der Waals surface area contributed by atoms with E-state index in [0.717, 1.165) is 36.1 Å². The van der Waals surface area contributed by atoms with Gasteiger partial charge < -0.3 is 5.32 Å². The number of halogens is 4. The number of fused-ring (bicyclic) bond motifs is 1. The van der Waals surface area contributed by atoms with Crippen molar-refractivity contribution in [3.63, 3.8) is 0 Å². The van der Waals surface area contributed by atoms with Crippen LogP contribution < -0.4 is 5.32 Å². The van der Waals surface area contributed by atoms with Crippen molar-refractivity contribution in [3.05, 3.63) is 53.1 Å². The first kappa shape index (κ1) is 19.3. The average Bonchev–Trinajstić information content (AvgIpc) is 2.61. The second kappa shape index (κ2) is 7.66. The summed E-state index contributed by atoms with van der Waals surface area (Å²) in [6, 6.07) is 2.55. The van der Waals surface area contributed by atoms with E-state index in [1.165, 1.54) is 6.20 Å². The van der Waals surface area contributed by atoms with Gasteiger partial charge in [0.15, 0.2) is 0 Å². The highest BCUT2D eigenvalue weighted by atomic mass is 19.4. The fourth-order valence-electron chi connectivity index (χ4n) is 3.66. The summed E-state index contributed by atoms with van der Waals surface area (Å²) in [5.74, 6) is -1.00. The summed E-state index contributed by atoms with van der Waals surface area (Å²) in [7, 11) is 0. The molecular weight excluding hydrogens is 360 g/mol. The van der Waals surface area contributed by atoms with Gasteiger partial charge >= 0.3 is 6.18 Å². The maximum atomic E-state index is 14.5. The van der Waals surface area contributed by atoms with Crippen LogP contribution in [-0.2, 0) is 17.4 Å². The smallest absolute Gasteiger partial charge is 0.356 e. The van der Waals surface area contributed by atoms with Crippen molar-refractivity contribution in [2.75, 3.05) is 6.54 Å². The molecular formula is C20H20F4N2O. The van der Waals surface area contributed by atoms with E-state index in [1.807, 2.05) is 6.92 Å². The summed E-state index contributed by atoms with van der Waals surface area (Å²) in [5, 5.41) is 2.77. The van der Waals surface area contributed by atoms with E-state index < -0.39 is 17.6 Å². The van der Waals surface area contributed by atoms with Crippen molar-refractivity contribution in [1.29, 1.82) is 0 Å². The molecule has 0 aliphatic heterocycles. The molecule has 1 atom stereocenters. The van der Waals surface area contributed by atoms with E-state index in [2.05, 4.69) is 10.3 Å². The Morgan fingerprint density at radius 3 is 2.70 bits per heavy atom. The SMILES string of the molecule is CCNC(=O)CC1CCCc2c(-c3ccc(C(F)(F)F)cc3F)cncc21. The largest absolute Gasteiger partial charge is 0.416 e. The molecule has 1 N–H and O–H groups in total. The number of carbonyl (C=O) groups is 1. The fraction of sp³-hybridized carbons (Fsp3) is 0.400. The lowest BCUT2D eigenvalue weighted by Crippen LogP contribution is -2.26. The van der Waals surface area contributed by atoms with Gasteiger partial charge in [0.2, 0.25) is 5.91 Å². The van der Waals surface area contributed by atoms with Gasteiger partial charge in [-0.3, -0.25) is 9.78 Å². The minimum atomic E-state index is -4.59. The van der Waals surface area contributed by atoms with Crippen LogP contribution in [-0.4, -0.2) is 17.4 Å². The van der Waals surface area contributed by atoms with E-state index in [9.17, 15) is 22.4 Å². The molecule has 1 aromatic heterocycles. The van der Waals surface area contributed by atoms with Gasteiger partial charge in [-0.15, -0.1) is 0 Å². The summed E-state index contributed by atoms with van der Waals surface area (Å²) < 4.78 is 52.8. The van der Waals surface area contributed by atoms with E-state index in [-0.39, 0.29) is 17.4 Å². The molecule has 0 radical (unpaired) electrons. The quantitative estimate of drug-likeness (QED) is 0.771. The molecule has 1 unspecified atom stereocenters. The second-order valence-electron chi connectivity index (χ2n) is 6.69. The van der Waals surface area contributed by atoms with Crippen LogP contribution in [0.25, 0.3) is 11.1 Å². The van der Waals surface area contributed by atoms with Crippen molar-refractivity contribution in [2.24, 2.45) is 0 Å². The Kier molecular flexibility index (Phi) is 5.48. The molecule has 3 rings (SSSR count). The van der Waals surface area contributed by atoms with Gasteiger partial charge in [0.05, 0.1) is 5.56 Å². The normalized spacial score (nSPS) is 16.7. The zero-order valence-corrected chi connectivity index (χ0v) is 14.9. The number of nitrogens with zero attached hydrogens (tertiary/aromatic N) is 1. The molecule has 1 amide bonds. The van der Waals surface area contributed by atoms with Crippen LogP contribution in [0.15, 0.2) is 30.6 Å². The zero-order chi connectivity index (χ0) is 19.6. The van der Waals surface area contributed by atoms with Crippen molar-refractivity contribution in [1.82, 2.24) is 10.3 Å². The number of amides is 1. The Morgan fingerprint density at radius 1 is 1.26 bits per heavy atom. The van der Waals surface area contributed by atoms with Gasteiger partial charge in [0, 0.05) is 36.5 Å². The van der Waals surface area contributed by atoms with E-state index in [1.54, 1.807) is 6.20 Å². The van der Waals surface area contributed by atoms with Gasteiger partial charge in [-0.25, -0.2) is 4.39 Å². The first-order valence-electron chi connectivity index (χ1n) is 8.91. The van der Waals surface area contributed by atoms with Crippen molar-refractivity contribution < 1.29 is 22.4 Å². The van der Waals surface area contributed by atoms with Crippen molar-refractivity contribution in [3.8, 4) is 11.1 Å². The molecule has 1 aliphatic rings. The number of nitrogens with one attached hydrogen (secondary N) is 1. The molecule has 0 saturated heterocycles. The maximum absolute atomic E-state index is 14.5. The lowest BCUT2D eigenvalue weighted by Gasteiger charge is -2.27. The third-order valence-corrected chi connectivity index (χ3v) is 4.90. The molecule has 3 nitrogen and oxygen atoms in total. The highest BCUT2D eigenvalue weighted by molar-refractivity contribution is 5.77. The predicted molar refractivity (Wildman–Crippen MR) is 93.6 cm³/mol. The third-order valence-electron chi connectivity index (χ3n) is 4.90. The number of carbonyl (C=O) groups excluding carboxylic acids is 1. The molecule has 1 heterocycles.